The Labute approximate surface area is 153 Å². The average Bonchev–Trinajstić information content (AvgIpc) is 3.13. The summed E-state index contributed by atoms with van der Waals surface area (Å²) >= 11 is 0. The van der Waals surface area contributed by atoms with Gasteiger partial charge in [0.25, 0.3) is 5.91 Å². The van der Waals surface area contributed by atoms with E-state index in [0.29, 0.717) is 31.1 Å². The van der Waals surface area contributed by atoms with E-state index in [2.05, 4.69) is 5.32 Å². The summed E-state index contributed by atoms with van der Waals surface area (Å²) in [7, 11) is 0. The molecule has 2 aromatic rings. The van der Waals surface area contributed by atoms with Crippen molar-refractivity contribution in [3.8, 4) is 23.0 Å². The number of ether oxygens (including phenoxy) is 4. The first kappa shape index (κ1) is 17.9. The van der Waals surface area contributed by atoms with Crippen molar-refractivity contribution in [3.05, 3.63) is 48.0 Å². The number of carbonyl (C=O) groups excluding carboxylic acids is 1. The molecule has 0 unspecified atom stereocenters. The van der Waals surface area contributed by atoms with E-state index in [1.54, 1.807) is 6.07 Å². The number of rotatable bonds is 9. The van der Waals surface area contributed by atoms with Crippen LogP contribution in [0.1, 0.15) is 18.9 Å². The molecule has 138 valence electrons. The van der Waals surface area contributed by atoms with Crippen LogP contribution in [0.3, 0.4) is 0 Å². The second kappa shape index (κ2) is 8.99. The number of amides is 1. The fraction of sp³-hybridized carbons (Fsp3) is 0.350. The molecule has 0 aromatic heterocycles. The Balaban J connectivity index is 1.42. The van der Waals surface area contributed by atoms with E-state index in [0.717, 1.165) is 23.5 Å². The predicted octanol–water partition coefficient (Wildman–Crippen LogP) is 2.94. The van der Waals surface area contributed by atoms with Crippen LogP contribution < -0.4 is 24.3 Å². The lowest BCUT2D eigenvalue weighted by molar-refractivity contribution is -0.123. The molecule has 1 heterocycles. The van der Waals surface area contributed by atoms with Gasteiger partial charge in [0, 0.05) is 6.54 Å². The van der Waals surface area contributed by atoms with Crippen molar-refractivity contribution in [1.82, 2.24) is 5.32 Å². The van der Waals surface area contributed by atoms with Gasteiger partial charge in [-0.15, -0.1) is 0 Å². The third-order valence-electron chi connectivity index (χ3n) is 3.84. The van der Waals surface area contributed by atoms with Gasteiger partial charge in [-0.2, -0.15) is 0 Å². The number of carbonyl (C=O) groups is 1. The molecule has 1 N–H and O–H groups in total. The molecule has 1 aliphatic rings. The number of hydrogen-bond donors (Lipinski definition) is 1. The monoisotopic (exact) mass is 357 g/mol. The van der Waals surface area contributed by atoms with Gasteiger partial charge in [0.2, 0.25) is 6.79 Å². The van der Waals surface area contributed by atoms with Gasteiger partial charge in [-0.25, -0.2) is 0 Å². The van der Waals surface area contributed by atoms with Crippen molar-refractivity contribution >= 4 is 5.91 Å². The predicted molar refractivity (Wildman–Crippen MR) is 97.0 cm³/mol. The highest BCUT2D eigenvalue weighted by Crippen LogP contribution is 2.32. The molecule has 3 rings (SSSR count). The lowest BCUT2D eigenvalue weighted by Gasteiger charge is -2.12. The molecular weight excluding hydrogens is 334 g/mol. The van der Waals surface area contributed by atoms with E-state index in [9.17, 15) is 4.79 Å². The summed E-state index contributed by atoms with van der Waals surface area (Å²) in [5.41, 5.74) is 1.08. The van der Waals surface area contributed by atoms with Gasteiger partial charge >= 0.3 is 0 Å². The van der Waals surface area contributed by atoms with E-state index in [1.807, 2.05) is 43.3 Å². The van der Waals surface area contributed by atoms with Crippen LogP contribution in [-0.4, -0.2) is 32.5 Å². The molecule has 0 saturated heterocycles. The van der Waals surface area contributed by atoms with Crippen LogP contribution in [0, 0.1) is 0 Å². The van der Waals surface area contributed by atoms with Crippen LogP contribution in [0.15, 0.2) is 42.5 Å². The smallest absolute Gasteiger partial charge is 0.257 e. The maximum atomic E-state index is 12.0. The largest absolute Gasteiger partial charge is 0.490 e. The number of nitrogens with one attached hydrogen (secondary N) is 1. The third-order valence-corrected chi connectivity index (χ3v) is 3.84. The molecule has 1 amide bonds. The summed E-state index contributed by atoms with van der Waals surface area (Å²) in [6.07, 6.45) is 1.62. The molecule has 0 bridgehead atoms. The van der Waals surface area contributed by atoms with Crippen LogP contribution in [0.2, 0.25) is 0 Å². The lowest BCUT2D eigenvalue weighted by Crippen LogP contribution is -2.30. The molecule has 0 aliphatic carbocycles. The lowest BCUT2D eigenvalue weighted by atomic mass is 10.1. The van der Waals surface area contributed by atoms with E-state index in [-0.39, 0.29) is 19.3 Å². The first-order valence-electron chi connectivity index (χ1n) is 8.76. The van der Waals surface area contributed by atoms with Crippen LogP contribution >= 0.6 is 0 Å². The van der Waals surface area contributed by atoms with Crippen molar-refractivity contribution in [2.45, 2.75) is 19.8 Å². The highest BCUT2D eigenvalue weighted by atomic mass is 16.7. The Morgan fingerprint density at radius 3 is 2.65 bits per heavy atom. The second-order valence-corrected chi connectivity index (χ2v) is 5.87. The van der Waals surface area contributed by atoms with Gasteiger partial charge < -0.3 is 24.3 Å². The maximum absolute atomic E-state index is 12.0. The first-order chi connectivity index (χ1) is 12.8. The highest BCUT2D eigenvalue weighted by molar-refractivity contribution is 5.77. The number of fused-ring (bicyclic) bond motifs is 1. The zero-order valence-corrected chi connectivity index (χ0v) is 14.8. The van der Waals surface area contributed by atoms with Gasteiger partial charge in [-0.3, -0.25) is 4.79 Å². The molecule has 1 aliphatic heterocycles. The number of benzene rings is 2. The second-order valence-electron chi connectivity index (χ2n) is 5.87. The fourth-order valence-electron chi connectivity index (χ4n) is 2.54. The fourth-order valence-corrected chi connectivity index (χ4v) is 2.54. The minimum Gasteiger partial charge on any atom is -0.490 e. The Hall–Kier alpha value is -2.89. The standard InChI is InChI=1S/C20H23NO5/c1-2-11-23-16-5-3-4-6-17(16)24-13-20(22)21-10-9-15-7-8-18-19(12-15)26-14-25-18/h3-8,12H,2,9-11,13-14H2,1H3,(H,21,22). The molecule has 0 spiro atoms. The molecule has 0 radical (unpaired) electrons. The Kier molecular flexibility index (Phi) is 6.19. The average molecular weight is 357 g/mol. The normalized spacial score (nSPS) is 11.9. The topological polar surface area (TPSA) is 66.0 Å². The minimum atomic E-state index is -0.170. The van der Waals surface area contributed by atoms with E-state index in [1.165, 1.54) is 0 Å². The van der Waals surface area contributed by atoms with E-state index < -0.39 is 0 Å². The van der Waals surface area contributed by atoms with E-state index >= 15 is 0 Å². The van der Waals surface area contributed by atoms with Gasteiger partial charge in [-0.1, -0.05) is 25.1 Å². The molecule has 26 heavy (non-hydrogen) atoms. The molecule has 6 heteroatoms. The zero-order chi connectivity index (χ0) is 18.2. The van der Waals surface area contributed by atoms with E-state index in [4.69, 9.17) is 18.9 Å². The molecule has 0 fully saturated rings. The summed E-state index contributed by atoms with van der Waals surface area (Å²) in [5, 5.41) is 2.85. The molecule has 0 saturated carbocycles. The Morgan fingerprint density at radius 1 is 1.08 bits per heavy atom. The number of para-hydroxylation sites is 2. The van der Waals surface area contributed by atoms with Crippen molar-refractivity contribution in [1.29, 1.82) is 0 Å². The Morgan fingerprint density at radius 2 is 1.85 bits per heavy atom. The van der Waals surface area contributed by atoms with Crippen LogP contribution in [0.25, 0.3) is 0 Å². The van der Waals surface area contributed by atoms with Gasteiger partial charge in [-0.05, 0) is 42.7 Å². The summed E-state index contributed by atoms with van der Waals surface area (Å²) in [5.74, 6) is 2.57. The van der Waals surface area contributed by atoms with Crippen LogP contribution in [0.5, 0.6) is 23.0 Å². The maximum Gasteiger partial charge on any atom is 0.257 e. The minimum absolute atomic E-state index is 0.0480. The SMILES string of the molecule is CCCOc1ccccc1OCC(=O)NCCc1ccc2c(c1)OCO2. The summed E-state index contributed by atoms with van der Waals surface area (Å²) in [4.78, 5) is 12.0. The van der Waals surface area contributed by atoms with Crippen molar-refractivity contribution in [2.75, 3.05) is 26.6 Å². The molecule has 2 aromatic carbocycles. The first-order valence-corrected chi connectivity index (χ1v) is 8.76. The summed E-state index contributed by atoms with van der Waals surface area (Å²) < 4.78 is 21.8. The molecule has 6 nitrogen and oxygen atoms in total. The summed E-state index contributed by atoms with van der Waals surface area (Å²) in [6.45, 7) is 3.39. The van der Waals surface area contributed by atoms with Gasteiger partial charge in [0.15, 0.2) is 29.6 Å². The van der Waals surface area contributed by atoms with Crippen molar-refractivity contribution in [3.63, 3.8) is 0 Å². The zero-order valence-electron chi connectivity index (χ0n) is 14.8. The number of hydrogen-bond acceptors (Lipinski definition) is 5. The van der Waals surface area contributed by atoms with Gasteiger partial charge in [0.1, 0.15) is 0 Å². The molecular formula is C20H23NO5. The highest BCUT2D eigenvalue weighted by Gasteiger charge is 2.13. The van der Waals surface area contributed by atoms with Crippen molar-refractivity contribution in [2.24, 2.45) is 0 Å². The quantitative estimate of drug-likeness (QED) is 0.747. The van der Waals surface area contributed by atoms with Crippen molar-refractivity contribution < 1.29 is 23.7 Å². The summed E-state index contributed by atoms with van der Waals surface area (Å²) in [6, 6.07) is 13.2. The van der Waals surface area contributed by atoms with Gasteiger partial charge in [0.05, 0.1) is 6.61 Å². The van der Waals surface area contributed by atoms with Crippen LogP contribution in [0.4, 0.5) is 0 Å². The third kappa shape index (κ3) is 4.81. The molecule has 0 atom stereocenters. The Bertz CT molecular complexity index is 747. The van der Waals surface area contributed by atoms with Crippen LogP contribution in [-0.2, 0) is 11.2 Å².